The zero-order chi connectivity index (χ0) is 30.0. The third-order valence-corrected chi connectivity index (χ3v) is 7.89. The summed E-state index contributed by atoms with van der Waals surface area (Å²) >= 11 is 0.939. The molecule has 5 rings (SSSR count). The second kappa shape index (κ2) is 11.8. The molecule has 1 fully saturated rings. The van der Waals surface area contributed by atoms with E-state index in [1.54, 1.807) is 37.3 Å². The fourth-order valence-electron chi connectivity index (χ4n) is 4.73. The van der Waals surface area contributed by atoms with E-state index in [9.17, 15) is 19.5 Å². The second-order valence-electron chi connectivity index (χ2n) is 9.77. The van der Waals surface area contributed by atoms with E-state index in [0.29, 0.717) is 28.3 Å². The second-order valence-corrected chi connectivity index (χ2v) is 10.8. The Morgan fingerprint density at radius 3 is 2.50 bits per heavy atom. The number of thiazole rings is 1. The van der Waals surface area contributed by atoms with Crippen molar-refractivity contribution >= 4 is 39.9 Å². The van der Waals surface area contributed by atoms with E-state index in [1.165, 1.54) is 11.0 Å². The predicted molar refractivity (Wildman–Crippen MR) is 161 cm³/mol. The number of aromatic nitrogens is 1. The molecule has 0 bridgehead atoms. The molecule has 9 heteroatoms. The van der Waals surface area contributed by atoms with E-state index >= 15 is 0 Å². The quantitative estimate of drug-likeness (QED) is 0.0801. The van der Waals surface area contributed by atoms with Crippen LogP contribution in [0.5, 0.6) is 11.5 Å². The monoisotopic (exact) mass is 580 g/mol. The molecule has 42 heavy (non-hydrogen) atoms. The number of carbonyl (C=O) groups is 3. The van der Waals surface area contributed by atoms with Crippen LogP contribution >= 0.6 is 11.3 Å². The summed E-state index contributed by atoms with van der Waals surface area (Å²) in [5, 5.41) is 11.7. The van der Waals surface area contributed by atoms with Crippen molar-refractivity contribution in [2.75, 3.05) is 11.5 Å². The molecule has 0 aliphatic carbocycles. The van der Waals surface area contributed by atoms with E-state index in [4.69, 9.17) is 9.47 Å². The van der Waals surface area contributed by atoms with Crippen LogP contribution in [-0.2, 0) is 14.3 Å². The highest BCUT2D eigenvalue weighted by Gasteiger charge is 2.48. The van der Waals surface area contributed by atoms with Gasteiger partial charge in [0.2, 0.25) is 0 Å². The average molecular weight is 581 g/mol. The molecule has 8 nitrogen and oxygen atoms in total. The fourth-order valence-corrected chi connectivity index (χ4v) is 5.72. The van der Waals surface area contributed by atoms with Crippen molar-refractivity contribution < 1.29 is 29.0 Å². The maximum Gasteiger partial charge on any atom is 0.350 e. The Balaban J connectivity index is 1.67. The summed E-state index contributed by atoms with van der Waals surface area (Å²) in [5.41, 5.74) is 2.83. The maximum atomic E-state index is 13.7. The number of ketones is 1. The number of rotatable bonds is 8. The van der Waals surface area contributed by atoms with E-state index in [0.717, 1.165) is 22.5 Å². The van der Waals surface area contributed by atoms with Crippen LogP contribution in [0, 0.1) is 20.8 Å². The van der Waals surface area contributed by atoms with Crippen molar-refractivity contribution in [2.24, 2.45) is 0 Å². The van der Waals surface area contributed by atoms with Crippen molar-refractivity contribution in [3.05, 3.63) is 124 Å². The standard InChI is InChI=1S/C33H28N2O6S/c1-5-16-40-32(39)30-21(4)34-33(42-30)35-27(22-10-9-13-24(18-22)41-23-11-7-6-8-12-23)26(29(37)31(35)38)28(36)25-17-19(2)14-15-20(25)3/h5-15,17-18,27,36H,1,16H2,2-4H3. The highest BCUT2D eigenvalue weighted by atomic mass is 32.1. The first-order chi connectivity index (χ1) is 20.2. The lowest BCUT2D eigenvalue weighted by atomic mass is 9.93. The Labute approximate surface area is 247 Å². The van der Waals surface area contributed by atoms with Crippen LogP contribution in [0.15, 0.2) is 91.0 Å². The van der Waals surface area contributed by atoms with Crippen molar-refractivity contribution in [1.82, 2.24) is 4.98 Å². The Kier molecular flexibility index (Phi) is 8.04. The molecule has 4 aromatic rings. The number of para-hydroxylation sites is 1. The molecule has 0 radical (unpaired) electrons. The zero-order valence-corrected chi connectivity index (χ0v) is 24.1. The highest BCUT2D eigenvalue weighted by molar-refractivity contribution is 7.17. The largest absolute Gasteiger partial charge is 0.507 e. The fraction of sp³-hybridized carbons (Fsp3) is 0.152. The number of Topliss-reactive ketones (excluding diaryl/α,β-unsaturated/α-hetero) is 1. The lowest BCUT2D eigenvalue weighted by molar-refractivity contribution is -0.132. The molecule has 0 spiro atoms. The van der Waals surface area contributed by atoms with E-state index in [-0.39, 0.29) is 27.9 Å². The van der Waals surface area contributed by atoms with Crippen LogP contribution in [0.2, 0.25) is 0 Å². The molecule has 1 aliphatic heterocycles. The summed E-state index contributed by atoms with van der Waals surface area (Å²) in [6, 6.07) is 20.6. The number of anilines is 1. The van der Waals surface area contributed by atoms with Gasteiger partial charge in [-0.3, -0.25) is 14.5 Å². The summed E-state index contributed by atoms with van der Waals surface area (Å²) in [6.45, 7) is 8.89. The minimum atomic E-state index is -1.05. The normalized spacial score (nSPS) is 16.0. The van der Waals surface area contributed by atoms with Gasteiger partial charge in [0.1, 0.15) is 28.7 Å². The van der Waals surface area contributed by atoms with Crippen molar-refractivity contribution in [3.63, 3.8) is 0 Å². The number of aliphatic hydroxyl groups excluding tert-OH is 1. The van der Waals surface area contributed by atoms with Gasteiger partial charge in [0.05, 0.1) is 17.3 Å². The van der Waals surface area contributed by atoms with Gasteiger partial charge < -0.3 is 14.6 Å². The van der Waals surface area contributed by atoms with Crippen LogP contribution in [0.4, 0.5) is 5.13 Å². The predicted octanol–water partition coefficient (Wildman–Crippen LogP) is 6.83. The number of benzene rings is 3. The molecule has 1 unspecified atom stereocenters. The van der Waals surface area contributed by atoms with E-state index in [1.807, 2.05) is 56.3 Å². The molecule has 1 aliphatic rings. The van der Waals surface area contributed by atoms with E-state index in [2.05, 4.69) is 11.6 Å². The topological polar surface area (TPSA) is 106 Å². The lowest BCUT2D eigenvalue weighted by Crippen LogP contribution is -2.29. The first-order valence-corrected chi connectivity index (χ1v) is 14.0. The van der Waals surface area contributed by atoms with Crippen LogP contribution in [0.3, 0.4) is 0 Å². The number of hydrogen-bond donors (Lipinski definition) is 1. The Hall–Kier alpha value is -5.02. The van der Waals surface area contributed by atoms with Crippen LogP contribution in [-0.4, -0.2) is 34.4 Å². The summed E-state index contributed by atoms with van der Waals surface area (Å²) < 4.78 is 11.2. The molecule has 1 saturated heterocycles. The summed E-state index contributed by atoms with van der Waals surface area (Å²) in [5.74, 6) is -1.57. The molecular formula is C33H28N2O6S. The number of esters is 1. The van der Waals surface area contributed by atoms with Gasteiger partial charge in [0.25, 0.3) is 5.78 Å². The third kappa shape index (κ3) is 5.46. The minimum Gasteiger partial charge on any atom is -0.507 e. The number of ether oxygens (including phenoxy) is 2. The lowest BCUT2D eigenvalue weighted by Gasteiger charge is -2.23. The maximum absolute atomic E-state index is 13.7. The molecule has 1 atom stereocenters. The number of nitrogens with zero attached hydrogens (tertiary/aromatic N) is 2. The summed E-state index contributed by atoms with van der Waals surface area (Å²) in [4.78, 5) is 45.9. The number of aliphatic hydroxyl groups is 1. The third-order valence-electron chi connectivity index (χ3n) is 6.75. The highest BCUT2D eigenvalue weighted by Crippen LogP contribution is 2.45. The summed E-state index contributed by atoms with van der Waals surface area (Å²) in [7, 11) is 0. The van der Waals surface area contributed by atoms with Gasteiger partial charge in [-0.25, -0.2) is 9.78 Å². The van der Waals surface area contributed by atoms with Crippen molar-refractivity contribution in [3.8, 4) is 11.5 Å². The Morgan fingerprint density at radius 1 is 1.02 bits per heavy atom. The Bertz CT molecular complexity index is 1740. The summed E-state index contributed by atoms with van der Waals surface area (Å²) in [6.07, 6.45) is 1.45. The first-order valence-electron chi connectivity index (χ1n) is 13.2. The molecule has 1 N–H and O–H groups in total. The van der Waals surface area contributed by atoms with Crippen LogP contribution < -0.4 is 9.64 Å². The van der Waals surface area contributed by atoms with Crippen LogP contribution in [0.25, 0.3) is 5.76 Å². The minimum absolute atomic E-state index is 0.0140. The van der Waals surface area contributed by atoms with E-state index < -0.39 is 23.7 Å². The van der Waals surface area contributed by atoms with Crippen molar-refractivity contribution in [1.29, 1.82) is 0 Å². The molecule has 1 aromatic heterocycles. The molecule has 3 aromatic carbocycles. The Morgan fingerprint density at radius 2 is 1.76 bits per heavy atom. The van der Waals surface area contributed by atoms with Gasteiger partial charge >= 0.3 is 11.9 Å². The van der Waals surface area contributed by atoms with Crippen LogP contribution in [0.1, 0.15) is 43.7 Å². The van der Waals surface area contributed by atoms with Gasteiger partial charge in [-0.15, -0.1) is 0 Å². The smallest absolute Gasteiger partial charge is 0.350 e. The van der Waals surface area contributed by atoms with Gasteiger partial charge in [0.15, 0.2) is 5.13 Å². The zero-order valence-electron chi connectivity index (χ0n) is 23.3. The molecular weight excluding hydrogens is 552 g/mol. The van der Waals surface area contributed by atoms with Gasteiger partial charge in [-0.2, -0.15) is 0 Å². The number of hydrogen-bond acceptors (Lipinski definition) is 8. The molecule has 2 heterocycles. The number of carbonyl (C=O) groups excluding carboxylic acids is 3. The average Bonchev–Trinajstić information content (AvgIpc) is 3.49. The first kappa shape index (κ1) is 28.5. The molecule has 1 amide bonds. The SMILES string of the molecule is C=CCOC(=O)c1sc(N2C(=O)C(=O)C(=C(O)c3cc(C)ccc3C)C2c2cccc(Oc3ccccc3)c2)nc1C. The number of amides is 1. The van der Waals surface area contributed by atoms with Crippen molar-refractivity contribution in [2.45, 2.75) is 26.8 Å². The molecule has 212 valence electrons. The van der Waals surface area contributed by atoms with Gasteiger partial charge in [-0.05, 0) is 62.2 Å². The van der Waals surface area contributed by atoms with Gasteiger partial charge in [-0.1, -0.05) is 72.0 Å². The number of aryl methyl sites for hydroxylation is 3. The molecule has 0 saturated carbocycles. The van der Waals surface area contributed by atoms with Gasteiger partial charge in [0, 0.05) is 5.56 Å².